The van der Waals surface area contributed by atoms with Crippen molar-refractivity contribution in [3.8, 4) is 11.3 Å². The van der Waals surface area contributed by atoms with E-state index in [2.05, 4.69) is 15.5 Å². The molecule has 0 aliphatic carbocycles. The average Bonchev–Trinajstić information content (AvgIpc) is 3.32. The van der Waals surface area contributed by atoms with Gasteiger partial charge in [-0.2, -0.15) is 5.10 Å². The maximum absolute atomic E-state index is 13.3. The van der Waals surface area contributed by atoms with Gasteiger partial charge < -0.3 is 8.98 Å². The van der Waals surface area contributed by atoms with Crippen LogP contribution < -0.4 is 5.43 Å². The Morgan fingerprint density at radius 1 is 1.28 bits per heavy atom. The lowest BCUT2D eigenvalue weighted by Crippen LogP contribution is -2.01. The number of hydrogen-bond acceptors (Lipinski definition) is 6. The number of para-hydroxylation sites is 2. The molecule has 2 heterocycles. The van der Waals surface area contributed by atoms with E-state index >= 15 is 0 Å². The lowest BCUT2D eigenvalue weighted by Gasteiger charge is -2.04. The molecule has 0 atom stereocenters. The zero-order valence-electron chi connectivity index (χ0n) is 15.4. The zero-order chi connectivity index (χ0) is 20.4. The number of nitrogens with zero attached hydrogens (tertiary/aromatic N) is 4. The number of nitrogens with one attached hydrogen (secondary N) is 1. The van der Waals surface area contributed by atoms with Gasteiger partial charge in [-0.05, 0) is 43.3 Å². The Balaban J connectivity index is 1.56. The molecule has 0 saturated carbocycles. The molecule has 0 amide bonds. The summed E-state index contributed by atoms with van der Waals surface area (Å²) in [5.41, 5.74) is 4.57. The maximum Gasteiger partial charge on any atom is 0.283 e. The van der Waals surface area contributed by atoms with Crippen molar-refractivity contribution in [2.24, 2.45) is 5.10 Å². The van der Waals surface area contributed by atoms with Crippen LogP contribution in [0.1, 0.15) is 12.7 Å². The molecule has 1 N–H and O–H groups in total. The van der Waals surface area contributed by atoms with Gasteiger partial charge in [-0.3, -0.25) is 10.1 Å². The molecule has 0 fully saturated rings. The summed E-state index contributed by atoms with van der Waals surface area (Å²) in [6.07, 6.45) is 1.44. The van der Waals surface area contributed by atoms with Crippen LogP contribution in [-0.4, -0.2) is 20.7 Å². The van der Waals surface area contributed by atoms with Gasteiger partial charge in [0, 0.05) is 6.54 Å². The van der Waals surface area contributed by atoms with Crippen LogP contribution in [0.15, 0.2) is 64.1 Å². The van der Waals surface area contributed by atoms with Crippen molar-refractivity contribution in [3.05, 3.63) is 76.3 Å². The number of benzene rings is 2. The number of aryl methyl sites for hydroxylation is 1. The molecule has 29 heavy (non-hydrogen) atoms. The fourth-order valence-electron chi connectivity index (χ4n) is 3.07. The monoisotopic (exact) mass is 393 g/mol. The van der Waals surface area contributed by atoms with E-state index in [9.17, 15) is 14.5 Å². The third kappa shape index (κ3) is 3.57. The Morgan fingerprint density at radius 3 is 2.90 bits per heavy atom. The van der Waals surface area contributed by atoms with Crippen LogP contribution in [0, 0.1) is 15.9 Å². The first kappa shape index (κ1) is 18.4. The molecule has 2 aromatic carbocycles. The quantitative estimate of drug-likeness (QED) is 0.288. The van der Waals surface area contributed by atoms with Crippen molar-refractivity contribution in [2.45, 2.75) is 13.5 Å². The number of hydrogen-bond donors (Lipinski definition) is 1. The number of furan rings is 1. The molecule has 2 aromatic heterocycles. The van der Waals surface area contributed by atoms with E-state index < -0.39 is 10.7 Å². The molecule has 0 unspecified atom stereocenters. The van der Waals surface area contributed by atoms with E-state index in [1.165, 1.54) is 12.3 Å². The van der Waals surface area contributed by atoms with Crippen molar-refractivity contribution in [2.75, 3.05) is 5.43 Å². The number of nitro groups is 1. The molecule has 9 heteroatoms. The van der Waals surface area contributed by atoms with Gasteiger partial charge in [0.2, 0.25) is 5.95 Å². The summed E-state index contributed by atoms with van der Waals surface area (Å²) in [7, 11) is 0. The second kappa shape index (κ2) is 7.55. The first-order valence-electron chi connectivity index (χ1n) is 8.85. The highest BCUT2D eigenvalue weighted by atomic mass is 19.1. The Bertz CT molecular complexity index is 1230. The van der Waals surface area contributed by atoms with Gasteiger partial charge in [0.25, 0.3) is 5.69 Å². The molecule has 146 valence electrons. The summed E-state index contributed by atoms with van der Waals surface area (Å²) in [6.45, 7) is 2.73. The minimum absolute atomic E-state index is 0.191. The van der Waals surface area contributed by atoms with Crippen LogP contribution in [0.2, 0.25) is 0 Å². The summed E-state index contributed by atoms with van der Waals surface area (Å²) in [4.78, 5) is 15.0. The van der Waals surface area contributed by atoms with Crippen molar-refractivity contribution in [3.63, 3.8) is 0 Å². The normalized spacial score (nSPS) is 11.4. The Labute approximate surface area is 164 Å². The lowest BCUT2D eigenvalue weighted by molar-refractivity contribution is -0.384. The number of fused-ring (bicyclic) bond motifs is 1. The van der Waals surface area contributed by atoms with Crippen molar-refractivity contribution >= 4 is 28.9 Å². The number of aromatic nitrogens is 2. The van der Waals surface area contributed by atoms with E-state index in [-0.39, 0.29) is 17.0 Å². The predicted molar refractivity (Wildman–Crippen MR) is 107 cm³/mol. The van der Waals surface area contributed by atoms with Gasteiger partial charge in [0.15, 0.2) is 0 Å². The minimum Gasteiger partial charge on any atom is -0.455 e. The molecule has 0 bridgehead atoms. The van der Waals surface area contributed by atoms with Gasteiger partial charge in [-0.15, -0.1) is 0 Å². The smallest absolute Gasteiger partial charge is 0.283 e. The second-order valence-electron chi connectivity index (χ2n) is 6.16. The summed E-state index contributed by atoms with van der Waals surface area (Å²) in [5, 5.41) is 15.3. The van der Waals surface area contributed by atoms with Gasteiger partial charge in [-0.25, -0.2) is 14.8 Å². The first-order chi connectivity index (χ1) is 14.1. The summed E-state index contributed by atoms with van der Waals surface area (Å²) in [6, 6.07) is 14.3. The Kier molecular flexibility index (Phi) is 4.78. The fraction of sp³-hybridized carbons (Fsp3) is 0.100. The van der Waals surface area contributed by atoms with Gasteiger partial charge in [0.05, 0.1) is 33.8 Å². The summed E-state index contributed by atoms with van der Waals surface area (Å²) in [5.74, 6) is 0.534. The highest BCUT2D eigenvalue weighted by Crippen LogP contribution is 2.31. The van der Waals surface area contributed by atoms with Crippen molar-refractivity contribution in [1.29, 1.82) is 0 Å². The molecule has 0 aliphatic rings. The number of nitro benzene ring substituents is 1. The highest BCUT2D eigenvalue weighted by Gasteiger charge is 2.19. The zero-order valence-corrected chi connectivity index (χ0v) is 15.4. The molecule has 0 radical (unpaired) electrons. The minimum atomic E-state index is -0.684. The molecule has 4 aromatic rings. The number of rotatable bonds is 6. The van der Waals surface area contributed by atoms with Crippen molar-refractivity contribution < 1.29 is 13.7 Å². The van der Waals surface area contributed by atoms with E-state index in [4.69, 9.17) is 4.42 Å². The largest absolute Gasteiger partial charge is 0.455 e. The van der Waals surface area contributed by atoms with E-state index in [1.54, 1.807) is 12.1 Å². The fourth-order valence-corrected chi connectivity index (χ4v) is 3.07. The SMILES string of the molecule is CCn1c(N/N=C\c2ccc(-c3ccc(F)cc3[N+](=O)[O-])o2)nc2ccccc21. The summed E-state index contributed by atoms with van der Waals surface area (Å²) < 4.78 is 20.9. The number of halogens is 1. The van der Waals surface area contributed by atoms with Gasteiger partial charge in [-0.1, -0.05) is 12.1 Å². The molecular weight excluding hydrogens is 377 g/mol. The average molecular weight is 393 g/mol. The van der Waals surface area contributed by atoms with E-state index in [0.29, 0.717) is 11.7 Å². The maximum atomic E-state index is 13.3. The molecule has 0 aliphatic heterocycles. The predicted octanol–water partition coefficient (Wildman–Crippen LogP) is 4.81. The standard InChI is InChI=1S/C20H16FN5O3/c1-2-25-17-6-4-3-5-16(17)23-20(25)24-22-12-14-8-10-19(29-14)15-9-7-13(21)11-18(15)26(27)28/h3-12H,2H2,1H3,(H,23,24)/b22-12-. The summed E-state index contributed by atoms with van der Waals surface area (Å²) >= 11 is 0. The number of hydrazone groups is 1. The third-order valence-corrected chi connectivity index (χ3v) is 4.38. The third-order valence-electron chi connectivity index (χ3n) is 4.38. The molecule has 0 saturated heterocycles. The second-order valence-corrected chi connectivity index (χ2v) is 6.16. The van der Waals surface area contributed by atoms with E-state index in [0.717, 1.165) is 29.7 Å². The highest BCUT2D eigenvalue weighted by molar-refractivity contribution is 5.81. The molecule has 8 nitrogen and oxygen atoms in total. The molecule has 0 spiro atoms. The lowest BCUT2D eigenvalue weighted by atomic mass is 10.1. The van der Waals surface area contributed by atoms with Crippen LogP contribution in [0.25, 0.3) is 22.4 Å². The van der Waals surface area contributed by atoms with Crippen LogP contribution in [0.3, 0.4) is 0 Å². The Hall–Kier alpha value is -4.01. The molecular formula is C20H16FN5O3. The van der Waals surface area contributed by atoms with Crippen molar-refractivity contribution in [1.82, 2.24) is 9.55 Å². The van der Waals surface area contributed by atoms with Crippen LogP contribution in [0.4, 0.5) is 16.0 Å². The van der Waals surface area contributed by atoms with Crippen LogP contribution in [-0.2, 0) is 6.54 Å². The number of anilines is 1. The number of imidazole rings is 1. The van der Waals surface area contributed by atoms with Crippen LogP contribution >= 0.6 is 0 Å². The van der Waals surface area contributed by atoms with Crippen LogP contribution in [0.5, 0.6) is 0 Å². The van der Waals surface area contributed by atoms with Gasteiger partial charge >= 0.3 is 0 Å². The molecule has 4 rings (SSSR count). The van der Waals surface area contributed by atoms with E-state index in [1.807, 2.05) is 35.8 Å². The first-order valence-corrected chi connectivity index (χ1v) is 8.85. The topological polar surface area (TPSA) is 98.5 Å². The Morgan fingerprint density at radius 2 is 2.10 bits per heavy atom. The van der Waals surface area contributed by atoms with Gasteiger partial charge in [0.1, 0.15) is 17.3 Å².